The van der Waals surface area contributed by atoms with Gasteiger partial charge < -0.3 is 15.4 Å². The van der Waals surface area contributed by atoms with Crippen LogP contribution in [0.5, 0.6) is 5.75 Å². The molecule has 2 aromatic carbocycles. The highest BCUT2D eigenvalue weighted by Gasteiger charge is 2.08. The highest BCUT2D eigenvalue weighted by Crippen LogP contribution is 2.31. The number of hydrogen-bond acceptors (Lipinski definition) is 3. The molecule has 0 aliphatic heterocycles. The van der Waals surface area contributed by atoms with Crippen molar-refractivity contribution in [3.63, 3.8) is 0 Å². The van der Waals surface area contributed by atoms with E-state index in [1.165, 1.54) is 0 Å². The standard InChI is InChI=1S/C19H18N2O2S/c1-23-15-7-4-6-14(12-15)13-20-19(22)21-17-9-3-2-8-16(17)18-10-5-11-24-18/h2-12H,13H2,1H3,(H2,20,21,22). The van der Waals surface area contributed by atoms with Crippen molar-refractivity contribution in [1.82, 2.24) is 5.32 Å². The van der Waals surface area contributed by atoms with E-state index in [0.717, 1.165) is 27.4 Å². The van der Waals surface area contributed by atoms with Crippen LogP contribution in [0.3, 0.4) is 0 Å². The number of thiophene rings is 1. The van der Waals surface area contributed by atoms with Gasteiger partial charge in [0.25, 0.3) is 0 Å². The molecule has 0 spiro atoms. The number of benzene rings is 2. The van der Waals surface area contributed by atoms with Gasteiger partial charge in [0.1, 0.15) is 5.75 Å². The van der Waals surface area contributed by atoms with Crippen LogP contribution in [0.15, 0.2) is 66.0 Å². The van der Waals surface area contributed by atoms with Crippen molar-refractivity contribution in [2.75, 3.05) is 12.4 Å². The number of nitrogens with one attached hydrogen (secondary N) is 2. The molecule has 3 rings (SSSR count). The van der Waals surface area contributed by atoms with Crippen LogP contribution in [-0.4, -0.2) is 13.1 Å². The summed E-state index contributed by atoms with van der Waals surface area (Å²) in [7, 11) is 1.63. The molecule has 4 nitrogen and oxygen atoms in total. The number of urea groups is 1. The molecule has 3 aromatic rings. The number of anilines is 1. The fourth-order valence-corrected chi connectivity index (χ4v) is 3.14. The first-order valence-electron chi connectivity index (χ1n) is 7.57. The summed E-state index contributed by atoms with van der Waals surface area (Å²) in [5.41, 5.74) is 2.79. The van der Waals surface area contributed by atoms with E-state index in [0.29, 0.717) is 6.54 Å². The Balaban J connectivity index is 1.65. The van der Waals surface area contributed by atoms with E-state index >= 15 is 0 Å². The fourth-order valence-electron chi connectivity index (χ4n) is 2.37. The zero-order valence-corrected chi connectivity index (χ0v) is 14.1. The van der Waals surface area contributed by atoms with Crippen LogP contribution in [0.25, 0.3) is 10.4 Å². The molecular formula is C19H18N2O2S. The van der Waals surface area contributed by atoms with Gasteiger partial charge >= 0.3 is 6.03 Å². The molecule has 0 atom stereocenters. The summed E-state index contributed by atoms with van der Waals surface area (Å²) in [6, 6.07) is 19.2. The highest BCUT2D eigenvalue weighted by atomic mass is 32.1. The number of carbonyl (C=O) groups excluding carboxylic acids is 1. The average Bonchev–Trinajstić information content (AvgIpc) is 3.15. The molecule has 0 bridgehead atoms. The molecular weight excluding hydrogens is 320 g/mol. The molecule has 24 heavy (non-hydrogen) atoms. The van der Waals surface area contributed by atoms with Gasteiger partial charge in [0.15, 0.2) is 0 Å². The number of amides is 2. The molecule has 2 amide bonds. The van der Waals surface area contributed by atoms with Crippen LogP contribution in [-0.2, 0) is 6.54 Å². The van der Waals surface area contributed by atoms with Crippen molar-refractivity contribution >= 4 is 23.1 Å². The Morgan fingerprint density at radius 1 is 1.08 bits per heavy atom. The van der Waals surface area contributed by atoms with Crippen LogP contribution in [0, 0.1) is 0 Å². The van der Waals surface area contributed by atoms with E-state index in [9.17, 15) is 4.79 Å². The molecule has 0 radical (unpaired) electrons. The monoisotopic (exact) mass is 338 g/mol. The third-order valence-electron chi connectivity index (χ3n) is 3.55. The molecule has 5 heteroatoms. The number of carbonyl (C=O) groups is 1. The molecule has 2 N–H and O–H groups in total. The lowest BCUT2D eigenvalue weighted by atomic mass is 10.1. The highest BCUT2D eigenvalue weighted by molar-refractivity contribution is 7.13. The maximum atomic E-state index is 12.2. The molecule has 0 fully saturated rings. The molecule has 1 heterocycles. The smallest absolute Gasteiger partial charge is 0.319 e. The van der Waals surface area contributed by atoms with Crippen molar-refractivity contribution in [2.24, 2.45) is 0 Å². The second kappa shape index (κ2) is 7.66. The first kappa shape index (κ1) is 16.1. The summed E-state index contributed by atoms with van der Waals surface area (Å²) < 4.78 is 5.19. The largest absolute Gasteiger partial charge is 0.497 e. The second-order valence-electron chi connectivity index (χ2n) is 5.18. The van der Waals surface area contributed by atoms with E-state index in [1.54, 1.807) is 18.4 Å². The van der Waals surface area contributed by atoms with Gasteiger partial charge in [0.05, 0.1) is 12.8 Å². The van der Waals surface area contributed by atoms with Crippen molar-refractivity contribution in [1.29, 1.82) is 0 Å². The van der Waals surface area contributed by atoms with Crippen LogP contribution >= 0.6 is 11.3 Å². The first-order valence-corrected chi connectivity index (χ1v) is 8.45. The SMILES string of the molecule is COc1cccc(CNC(=O)Nc2ccccc2-c2cccs2)c1. The number of para-hydroxylation sites is 1. The first-order chi connectivity index (χ1) is 11.8. The van der Waals surface area contributed by atoms with Crippen LogP contribution < -0.4 is 15.4 Å². The van der Waals surface area contributed by atoms with Crippen molar-refractivity contribution in [3.8, 4) is 16.2 Å². The van der Waals surface area contributed by atoms with Crippen LogP contribution in [0.1, 0.15) is 5.56 Å². The van der Waals surface area contributed by atoms with Gasteiger partial charge in [-0.15, -0.1) is 11.3 Å². The average molecular weight is 338 g/mol. The maximum Gasteiger partial charge on any atom is 0.319 e. The van der Waals surface area contributed by atoms with E-state index in [4.69, 9.17) is 4.74 Å². The third kappa shape index (κ3) is 3.94. The summed E-state index contributed by atoms with van der Waals surface area (Å²) in [6.45, 7) is 0.435. The van der Waals surface area contributed by atoms with Gasteiger partial charge in [-0.1, -0.05) is 36.4 Å². The third-order valence-corrected chi connectivity index (χ3v) is 4.45. The topological polar surface area (TPSA) is 50.4 Å². The van der Waals surface area contributed by atoms with Crippen LogP contribution in [0.2, 0.25) is 0 Å². The molecule has 0 saturated carbocycles. The number of hydrogen-bond donors (Lipinski definition) is 2. The lowest BCUT2D eigenvalue weighted by Crippen LogP contribution is -2.28. The van der Waals surface area contributed by atoms with Gasteiger partial charge in [-0.25, -0.2) is 4.79 Å². The minimum Gasteiger partial charge on any atom is -0.497 e. The van der Waals surface area contributed by atoms with Crippen LogP contribution in [0.4, 0.5) is 10.5 Å². The Morgan fingerprint density at radius 3 is 2.75 bits per heavy atom. The Morgan fingerprint density at radius 2 is 1.96 bits per heavy atom. The predicted molar refractivity (Wildman–Crippen MR) is 98.6 cm³/mol. The van der Waals surface area contributed by atoms with Gasteiger partial charge in [-0.2, -0.15) is 0 Å². The Kier molecular flexibility index (Phi) is 5.13. The van der Waals surface area contributed by atoms with E-state index in [-0.39, 0.29) is 6.03 Å². The van der Waals surface area contributed by atoms with Crippen molar-refractivity contribution in [2.45, 2.75) is 6.54 Å². The summed E-state index contributed by atoms with van der Waals surface area (Å²) >= 11 is 1.65. The quantitative estimate of drug-likeness (QED) is 0.705. The zero-order valence-electron chi connectivity index (χ0n) is 13.3. The summed E-state index contributed by atoms with van der Waals surface area (Å²) in [6.07, 6.45) is 0. The minimum atomic E-state index is -0.234. The number of ether oxygens (including phenoxy) is 1. The molecule has 122 valence electrons. The fraction of sp³-hybridized carbons (Fsp3) is 0.105. The maximum absolute atomic E-state index is 12.2. The van der Waals surface area contributed by atoms with Gasteiger partial charge in [0.2, 0.25) is 0 Å². The molecule has 0 unspecified atom stereocenters. The second-order valence-corrected chi connectivity index (χ2v) is 6.13. The zero-order chi connectivity index (χ0) is 16.8. The van der Waals surface area contributed by atoms with E-state index < -0.39 is 0 Å². The Hall–Kier alpha value is -2.79. The molecule has 0 aliphatic rings. The molecule has 1 aromatic heterocycles. The Labute approximate surface area is 145 Å². The van der Waals surface area contributed by atoms with Crippen molar-refractivity contribution < 1.29 is 9.53 Å². The number of methoxy groups -OCH3 is 1. The van der Waals surface area contributed by atoms with Crippen molar-refractivity contribution in [3.05, 3.63) is 71.6 Å². The minimum absolute atomic E-state index is 0.234. The Bertz CT molecular complexity index is 816. The summed E-state index contributed by atoms with van der Waals surface area (Å²) in [4.78, 5) is 13.3. The van der Waals surface area contributed by atoms with E-state index in [2.05, 4.69) is 10.6 Å². The molecule has 0 aliphatic carbocycles. The van der Waals surface area contributed by atoms with Gasteiger partial charge in [0, 0.05) is 17.0 Å². The van der Waals surface area contributed by atoms with Gasteiger partial charge in [-0.3, -0.25) is 0 Å². The molecule has 0 saturated heterocycles. The number of rotatable bonds is 5. The summed E-state index contributed by atoms with van der Waals surface area (Å²) in [5, 5.41) is 7.81. The predicted octanol–water partition coefficient (Wildman–Crippen LogP) is 4.75. The lowest BCUT2D eigenvalue weighted by molar-refractivity contribution is 0.251. The lowest BCUT2D eigenvalue weighted by Gasteiger charge is -2.11. The van der Waals surface area contributed by atoms with E-state index in [1.807, 2.05) is 66.0 Å². The van der Waals surface area contributed by atoms with Gasteiger partial charge in [-0.05, 0) is 35.2 Å². The summed E-state index contributed by atoms with van der Waals surface area (Å²) in [5.74, 6) is 0.776. The normalized spacial score (nSPS) is 10.2.